The molecule has 2 heterocycles. The van der Waals surface area contributed by atoms with Crippen LogP contribution in [0.2, 0.25) is 0 Å². The van der Waals surface area contributed by atoms with Crippen molar-refractivity contribution in [3.63, 3.8) is 0 Å². The van der Waals surface area contributed by atoms with Crippen LogP contribution in [0, 0.1) is 0 Å². The Morgan fingerprint density at radius 2 is 1.55 bits per heavy atom. The zero-order valence-corrected chi connectivity index (χ0v) is 21.0. The van der Waals surface area contributed by atoms with Gasteiger partial charge in [0.15, 0.2) is 0 Å². The number of hydrogen-bond acceptors (Lipinski definition) is 8. The predicted molar refractivity (Wildman–Crippen MR) is 132 cm³/mol. The first-order valence-corrected chi connectivity index (χ1v) is 11.8. The fraction of sp³-hybridized carbons (Fsp3) is 0.296. The molecule has 0 radical (unpaired) electrons. The molecule has 0 amide bonds. The third-order valence-electron chi connectivity index (χ3n) is 5.99. The van der Waals surface area contributed by atoms with Crippen LogP contribution in [-0.2, 0) is 19.0 Å². The van der Waals surface area contributed by atoms with Crippen molar-refractivity contribution in [3.05, 3.63) is 65.2 Å². The molecule has 2 N–H and O–H groups in total. The second kappa shape index (κ2) is 11.0. The minimum absolute atomic E-state index is 0.0435. The average Bonchev–Trinajstić information content (AvgIpc) is 3.34. The van der Waals surface area contributed by atoms with Gasteiger partial charge in [0.2, 0.25) is 11.8 Å². The SMILES string of the molecule is CCCCc1nc(O)c(-c2nnc(Cc3ccc(C(F)(F)F)cc3)o2)c(O)c1-c1c(OC)cccc1OC. The van der Waals surface area contributed by atoms with Gasteiger partial charge in [-0.05, 0) is 42.7 Å². The number of halogens is 3. The van der Waals surface area contributed by atoms with Gasteiger partial charge in [-0.1, -0.05) is 31.5 Å². The van der Waals surface area contributed by atoms with Gasteiger partial charge in [0.05, 0.1) is 43.0 Å². The minimum Gasteiger partial charge on any atom is -0.506 e. The molecule has 4 aromatic rings. The summed E-state index contributed by atoms with van der Waals surface area (Å²) >= 11 is 0. The molecule has 0 aliphatic carbocycles. The van der Waals surface area contributed by atoms with E-state index < -0.39 is 17.6 Å². The van der Waals surface area contributed by atoms with E-state index in [2.05, 4.69) is 15.2 Å². The van der Waals surface area contributed by atoms with Crippen molar-refractivity contribution in [1.82, 2.24) is 15.2 Å². The van der Waals surface area contributed by atoms with Crippen LogP contribution in [-0.4, -0.2) is 39.6 Å². The van der Waals surface area contributed by atoms with Gasteiger partial charge in [0.25, 0.3) is 5.89 Å². The van der Waals surface area contributed by atoms with Crippen molar-refractivity contribution >= 4 is 0 Å². The van der Waals surface area contributed by atoms with E-state index in [0.717, 1.165) is 25.0 Å². The van der Waals surface area contributed by atoms with Crippen molar-refractivity contribution in [2.24, 2.45) is 0 Å². The van der Waals surface area contributed by atoms with Crippen LogP contribution in [0.5, 0.6) is 23.1 Å². The topological polar surface area (TPSA) is 111 Å². The second-order valence-corrected chi connectivity index (χ2v) is 8.49. The fourth-order valence-corrected chi connectivity index (χ4v) is 4.10. The number of unbranched alkanes of at least 4 members (excludes halogenated alkanes) is 1. The number of aromatic hydroxyl groups is 2. The molecule has 0 spiro atoms. The Labute approximate surface area is 216 Å². The number of hydrogen-bond donors (Lipinski definition) is 2. The number of alkyl halides is 3. The number of aromatic nitrogens is 3. The first kappa shape index (κ1) is 26.8. The molecule has 0 atom stereocenters. The summed E-state index contributed by atoms with van der Waals surface area (Å²) in [6.45, 7) is 2.01. The molecule has 200 valence electrons. The lowest BCUT2D eigenvalue weighted by Gasteiger charge is -2.18. The molecule has 0 saturated carbocycles. The molecule has 2 aromatic heterocycles. The van der Waals surface area contributed by atoms with E-state index in [1.54, 1.807) is 18.2 Å². The van der Waals surface area contributed by atoms with E-state index in [-0.39, 0.29) is 29.5 Å². The first-order valence-electron chi connectivity index (χ1n) is 11.8. The summed E-state index contributed by atoms with van der Waals surface area (Å²) in [6, 6.07) is 9.73. The van der Waals surface area contributed by atoms with Crippen molar-refractivity contribution in [2.45, 2.75) is 38.8 Å². The molecule has 0 aliphatic rings. The number of methoxy groups -OCH3 is 2. The third-order valence-corrected chi connectivity index (χ3v) is 5.99. The summed E-state index contributed by atoms with van der Waals surface area (Å²) in [6.07, 6.45) is -2.35. The van der Waals surface area contributed by atoms with Crippen LogP contribution in [0.1, 0.15) is 42.5 Å². The van der Waals surface area contributed by atoms with E-state index >= 15 is 0 Å². The molecule has 2 aromatic carbocycles. The highest BCUT2D eigenvalue weighted by molar-refractivity contribution is 5.88. The van der Waals surface area contributed by atoms with Gasteiger partial charge in [-0.2, -0.15) is 13.2 Å². The molecular weight excluding hydrogens is 503 g/mol. The van der Waals surface area contributed by atoms with E-state index in [4.69, 9.17) is 13.9 Å². The Morgan fingerprint density at radius 1 is 0.895 bits per heavy atom. The van der Waals surface area contributed by atoms with Crippen molar-refractivity contribution in [3.8, 4) is 45.7 Å². The van der Waals surface area contributed by atoms with E-state index in [1.165, 1.54) is 26.4 Å². The number of nitrogens with zero attached hydrogens (tertiary/aromatic N) is 3. The summed E-state index contributed by atoms with van der Waals surface area (Å²) in [5, 5.41) is 30.1. The quantitative estimate of drug-likeness (QED) is 0.265. The smallest absolute Gasteiger partial charge is 0.416 e. The van der Waals surface area contributed by atoms with E-state index in [0.29, 0.717) is 40.3 Å². The number of pyridine rings is 1. The average molecular weight is 530 g/mol. The highest BCUT2D eigenvalue weighted by Gasteiger charge is 2.31. The molecule has 4 rings (SSSR count). The van der Waals surface area contributed by atoms with Crippen LogP contribution in [0.4, 0.5) is 13.2 Å². The fourth-order valence-electron chi connectivity index (χ4n) is 4.10. The Morgan fingerprint density at radius 3 is 2.13 bits per heavy atom. The zero-order chi connectivity index (χ0) is 27.4. The summed E-state index contributed by atoms with van der Waals surface area (Å²) < 4.78 is 55.3. The van der Waals surface area contributed by atoms with E-state index in [9.17, 15) is 23.4 Å². The predicted octanol–water partition coefficient (Wildman–Crippen LogP) is 6.18. The third kappa shape index (κ3) is 5.36. The molecule has 38 heavy (non-hydrogen) atoms. The molecular formula is C27H26F3N3O5. The second-order valence-electron chi connectivity index (χ2n) is 8.49. The largest absolute Gasteiger partial charge is 0.506 e. The number of aryl methyl sites for hydroxylation is 1. The lowest BCUT2D eigenvalue weighted by Crippen LogP contribution is -2.04. The maximum Gasteiger partial charge on any atom is 0.416 e. The Balaban J connectivity index is 1.78. The van der Waals surface area contributed by atoms with Gasteiger partial charge in [0.1, 0.15) is 22.8 Å². The summed E-state index contributed by atoms with van der Waals surface area (Å²) in [7, 11) is 2.97. The van der Waals surface area contributed by atoms with Gasteiger partial charge in [-0.3, -0.25) is 0 Å². The molecule has 0 fully saturated rings. The van der Waals surface area contributed by atoms with Crippen molar-refractivity contribution in [1.29, 1.82) is 0 Å². The molecule has 0 saturated heterocycles. The van der Waals surface area contributed by atoms with Crippen LogP contribution in [0.15, 0.2) is 46.9 Å². The summed E-state index contributed by atoms with van der Waals surface area (Å²) in [5.41, 5.74) is 0.727. The van der Waals surface area contributed by atoms with Crippen molar-refractivity contribution in [2.75, 3.05) is 14.2 Å². The van der Waals surface area contributed by atoms with Crippen LogP contribution in [0.25, 0.3) is 22.6 Å². The van der Waals surface area contributed by atoms with Gasteiger partial charge >= 0.3 is 6.18 Å². The van der Waals surface area contributed by atoms with Crippen LogP contribution < -0.4 is 9.47 Å². The zero-order valence-electron chi connectivity index (χ0n) is 21.0. The highest BCUT2D eigenvalue weighted by atomic mass is 19.4. The lowest BCUT2D eigenvalue weighted by molar-refractivity contribution is -0.137. The summed E-state index contributed by atoms with van der Waals surface area (Å²) in [4.78, 5) is 4.35. The maximum absolute atomic E-state index is 12.9. The first-order chi connectivity index (χ1) is 18.2. The lowest BCUT2D eigenvalue weighted by atomic mass is 9.95. The summed E-state index contributed by atoms with van der Waals surface area (Å²) in [5.74, 6) is -0.141. The number of rotatable bonds is 9. The Kier molecular flexibility index (Phi) is 7.75. The highest BCUT2D eigenvalue weighted by Crippen LogP contribution is 2.49. The Hall–Kier alpha value is -4.28. The van der Waals surface area contributed by atoms with Gasteiger partial charge in [0, 0.05) is 0 Å². The molecule has 0 unspecified atom stereocenters. The minimum atomic E-state index is -4.44. The molecule has 0 aliphatic heterocycles. The Bertz CT molecular complexity index is 1400. The normalized spacial score (nSPS) is 11.5. The molecule has 11 heteroatoms. The monoisotopic (exact) mass is 529 g/mol. The standard InChI is InChI=1S/C27H26F3N3O5/c1-4-5-7-17-21(22-18(36-2)8-6-9-19(22)37-3)24(34)23(25(35)31-17)26-33-32-20(38-26)14-15-10-12-16(13-11-15)27(28,29)30/h6,8-13H,4-5,7,14H2,1-3H3,(H2,31,34,35). The van der Waals surface area contributed by atoms with Gasteiger partial charge in [-0.25, -0.2) is 4.98 Å². The maximum atomic E-state index is 12.9. The van der Waals surface area contributed by atoms with Gasteiger partial charge in [-0.15, -0.1) is 10.2 Å². The van der Waals surface area contributed by atoms with Crippen molar-refractivity contribution < 1.29 is 37.3 Å². The number of ether oxygens (including phenoxy) is 2. The number of benzene rings is 2. The van der Waals surface area contributed by atoms with Crippen LogP contribution in [0.3, 0.4) is 0 Å². The molecule has 8 nitrogen and oxygen atoms in total. The molecule has 0 bridgehead atoms. The van der Waals surface area contributed by atoms with E-state index in [1.807, 2.05) is 6.92 Å². The van der Waals surface area contributed by atoms with Crippen LogP contribution >= 0.6 is 0 Å². The van der Waals surface area contributed by atoms with Gasteiger partial charge < -0.3 is 24.1 Å².